The molecule has 0 aliphatic carbocycles. The van der Waals surface area contributed by atoms with Gasteiger partial charge in [0.25, 0.3) is 0 Å². The van der Waals surface area contributed by atoms with Crippen LogP contribution in [0.5, 0.6) is 23.0 Å². The van der Waals surface area contributed by atoms with E-state index in [4.69, 9.17) is 59.1 Å². The van der Waals surface area contributed by atoms with E-state index in [0.717, 1.165) is 48.7 Å². The standard InChI is InChI=1S/4C9H13BO3/c4*1-2-7-13-9-5-3-8(4-6-9)10(11)12/h4*3-6,11-12H,2,7H2,1H3. The molecule has 0 amide bonds. The molecule has 4 aromatic carbocycles. The average Bonchev–Trinajstić information content (AvgIpc) is 3.16. The van der Waals surface area contributed by atoms with Crippen molar-refractivity contribution >= 4 is 50.3 Å². The topological polar surface area (TPSA) is 199 Å². The zero-order valence-corrected chi connectivity index (χ0v) is 30.4. The lowest BCUT2D eigenvalue weighted by atomic mass is 9.80. The van der Waals surface area contributed by atoms with E-state index in [9.17, 15) is 0 Å². The Morgan fingerprint density at radius 2 is 0.462 bits per heavy atom. The second kappa shape index (κ2) is 27.6. The summed E-state index contributed by atoms with van der Waals surface area (Å²) < 4.78 is 21.3. The monoisotopic (exact) mass is 720 g/mol. The number of ether oxygens (including phenoxy) is 4. The van der Waals surface area contributed by atoms with E-state index in [1.807, 2.05) is 27.7 Å². The van der Waals surface area contributed by atoms with Gasteiger partial charge < -0.3 is 59.1 Å². The van der Waals surface area contributed by atoms with E-state index in [1.165, 1.54) is 0 Å². The fourth-order valence-corrected chi connectivity index (χ4v) is 3.82. The molecular weight excluding hydrogens is 668 g/mol. The third kappa shape index (κ3) is 20.2. The third-order valence-electron chi connectivity index (χ3n) is 6.60. The lowest BCUT2D eigenvalue weighted by Gasteiger charge is -2.04. The first kappa shape index (κ1) is 46.0. The van der Waals surface area contributed by atoms with Gasteiger partial charge in [-0.1, -0.05) is 76.2 Å². The van der Waals surface area contributed by atoms with Crippen molar-refractivity contribution in [1.29, 1.82) is 0 Å². The van der Waals surface area contributed by atoms with Crippen LogP contribution in [-0.4, -0.2) is 95.1 Å². The van der Waals surface area contributed by atoms with Gasteiger partial charge in [0, 0.05) is 0 Å². The molecular formula is C36H52B4O12. The molecule has 52 heavy (non-hydrogen) atoms. The molecule has 12 nitrogen and oxygen atoms in total. The van der Waals surface area contributed by atoms with Gasteiger partial charge in [-0.25, -0.2) is 0 Å². The highest BCUT2D eigenvalue weighted by atomic mass is 16.5. The summed E-state index contributed by atoms with van der Waals surface area (Å²) in [6, 6.07) is 26.9. The van der Waals surface area contributed by atoms with E-state index in [1.54, 1.807) is 97.1 Å². The molecule has 0 saturated carbocycles. The summed E-state index contributed by atoms with van der Waals surface area (Å²) in [4.78, 5) is 0. The average molecular weight is 720 g/mol. The highest BCUT2D eigenvalue weighted by Crippen LogP contribution is 2.10. The van der Waals surface area contributed by atoms with Crippen LogP contribution in [0, 0.1) is 0 Å². The molecule has 8 N–H and O–H groups in total. The van der Waals surface area contributed by atoms with Crippen LogP contribution < -0.4 is 40.8 Å². The molecule has 0 spiro atoms. The first-order chi connectivity index (χ1) is 24.9. The van der Waals surface area contributed by atoms with Crippen molar-refractivity contribution in [3.63, 3.8) is 0 Å². The first-order valence-electron chi connectivity index (χ1n) is 17.3. The predicted molar refractivity (Wildman–Crippen MR) is 208 cm³/mol. The molecule has 0 aliphatic heterocycles. The molecule has 0 aromatic heterocycles. The molecule has 4 aromatic rings. The van der Waals surface area contributed by atoms with E-state index in [-0.39, 0.29) is 0 Å². The highest BCUT2D eigenvalue weighted by Gasteiger charge is 2.12. The summed E-state index contributed by atoms with van der Waals surface area (Å²) in [7, 11) is -5.61. The smallest absolute Gasteiger partial charge is 0.488 e. The van der Waals surface area contributed by atoms with Crippen molar-refractivity contribution in [1.82, 2.24) is 0 Å². The Bertz CT molecular complexity index is 1200. The largest absolute Gasteiger partial charge is 0.494 e. The van der Waals surface area contributed by atoms with Gasteiger partial charge in [-0.2, -0.15) is 0 Å². The van der Waals surface area contributed by atoms with E-state index in [0.29, 0.717) is 48.3 Å². The van der Waals surface area contributed by atoms with Gasteiger partial charge in [-0.05, 0) is 96.1 Å². The second-order valence-electron chi connectivity index (χ2n) is 11.2. The number of benzene rings is 4. The summed E-state index contributed by atoms with van der Waals surface area (Å²) in [5, 5.41) is 70.4. The summed E-state index contributed by atoms with van der Waals surface area (Å²) in [6.45, 7) is 10.9. The molecule has 0 saturated heterocycles. The summed E-state index contributed by atoms with van der Waals surface area (Å²) in [6.07, 6.45) is 3.85. The first-order valence-corrected chi connectivity index (χ1v) is 17.3. The number of hydrogen-bond donors (Lipinski definition) is 8. The Hall–Kier alpha value is -3.98. The lowest BCUT2D eigenvalue weighted by Crippen LogP contribution is -2.29. The van der Waals surface area contributed by atoms with Gasteiger partial charge in [0.05, 0.1) is 26.4 Å². The van der Waals surface area contributed by atoms with Gasteiger partial charge >= 0.3 is 28.5 Å². The van der Waals surface area contributed by atoms with Crippen LogP contribution in [-0.2, 0) is 0 Å². The zero-order chi connectivity index (χ0) is 38.7. The highest BCUT2D eigenvalue weighted by molar-refractivity contribution is 6.59. The molecule has 280 valence electrons. The quantitative estimate of drug-likeness (QED) is 0.0753. The minimum absolute atomic E-state index is 0.476. The van der Waals surface area contributed by atoms with Gasteiger partial charge in [0.2, 0.25) is 0 Å². The molecule has 0 atom stereocenters. The van der Waals surface area contributed by atoms with E-state index in [2.05, 4.69) is 0 Å². The predicted octanol–water partition coefficient (Wildman–Crippen LogP) is 0.621. The Morgan fingerprint density at radius 3 is 0.577 bits per heavy atom. The van der Waals surface area contributed by atoms with Crippen LogP contribution in [0.4, 0.5) is 0 Å². The summed E-state index contributed by atoms with van der Waals surface area (Å²) in [5.41, 5.74) is 1.90. The molecule has 0 heterocycles. The summed E-state index contributed by atoms with van der Waals surface area (Å²) >= 11 is 0. The van der Waals surface area contributed by atoms with Gasteiger partial charge in [0.15, 0.2) is 0 Å². The zero-order valence-electron chi connectivity index (χ0n) is 30.4. The fraction of sp³-hybridized carbons (Fsp3) is 0.333. The molecule has 0 radical (unpaired) electrons. The molecule has 0 fully saturated rings. The van der Waals surface area contributed by atoms with Gasteiger partial charge in [-0.15, -0.1) is 0 Å². The minimum atomic E-state index is -1.40. The van der Waals surface area contributed by atoms with Crippen LogP contribution >= 0.6 is 0 Å². The molecule has 0 unspecified atom stereocenters. The molecule has 4 rings (SSSR count). The fourth-order valence-electron chi connectivity index (χ4n) is 3.82. The van der Waals surface area contributed by atoms with Crippen LogP contribution in [0.3, 0.4) is 0 Å². The Labute approximate surface area is 308 Å². The minimum Gasteiger partial charge on any atom is -0.494 e. The maximum Gasteiger partial charge on any atom is 0.488 e. The normalized spacial score (nSPS) is 9.77. The Kier molecular flexibility index (Phi) is 24.5. The van der Waals surface area contributed by atoms with Crippen molar-refractivity contribution in [2.45, 2.75) is 53.4 Å². The Balaban J connectivity index is 0.000000347. The van der Waals surface area contributed by atoms with E-state index >= 15 is 0 Å². The number of hydrogen-bond acceptors (Lipinski definition) is 12. The van der Waals surface area contributed by atoms with Crippen molar-refractivity contribution in [3.8, 4) is 23.0 Å². The van der Waals surface area contributed by atoms with Gasteiger partial charge in [0.1, 0.15) is 23.0 Å². The Morgan fingerprint density at radius 1 is 0.308 bits per heavy atom. The van der Waals surface area contributed by atoms with E-state index < -0.39 is 28.5 Å². The van der Waals surface area contributed by atoms with Crippen molar-refractivity contribution in [3.05, 3.63) is 97.1 Å². The van der Waals surface area contributed by atoms with Crippen LogP contribution in [0.25, 0.3) is 0 Å². The SMILES string of the molecule is CCCOc1ccc(B(O)O)cc1.CCCOc1ccc(B(O)O)cc1.CCCOc1ccc(B(O)O)cc1.CCCOc1ccc(B(O)O)cc1. The van der Waals surface area contributed by atoms with Gasteiger partial charge in [-0.3, -0.25) is 0 Å². The molecule has 0 bridgehead atoms. The summed E-state index contributed by atoms with van der Waals surface area (Å²) in [5.74, 6) is 3.02. The van der Waals surface area contributed by atoms with Crippen LogP contribution in [0.15, 0.2) is 97.1 Å². The maximum atomic E-state index is 8.81. The van der Waals surface area contributed by atoms with Crippen molar-refractivity contribution in [2.24, 2.45) is 0 Å². The lowest BCUT2D eigenvalue weighted by molar-refractivity contribution is 0.317. The van der Waals surface area contributed by atoms with Crippen LogP contribution in [0.2, 0.25) is 0 Å². The maximum absolute atomic E-state index is 8.81. The van der Waals surface area contributed by atoms with Crippen LogP contribution in [0.1, 0.15) is 53.4 Å². The molecule has 16 heteroatoms. The number of rotatable bonds is 16. The molecule has 0 aliphatic rings. The van der Waals surface area contributed by atoms with Crippen molar-refractivity contribution < 1.29 is 59.1 Å². The van der Waals surface area contributed by atoms with Crippen molar-refractivity contribution in [2.75, 3.05) is 26.4 Å². The third-order valence-corrected chi connectivity index (χ3v) is 6.60. The second-order valence-corrected chi connectivity index (χ2v) is 11.2.